The molecule has 1 aromatic heterocycles. The lowest BCUT2D eigenvalue weighted by molar-refractivity contribution is 0.344. The van der Waals surface area contributed by atoms with E-state index in [9.17, 15) is 8.42 Å². The Morgan fingerprint density at radius 3 is 2.80 bits per heavy atom. The summed E-state index contributed by atoms with van der Waals surface area (Å²) in [5, 5.41) is 1.01. The number of hydrogen-bond acceptors (Lipinski definition) is 3. The molecule has 2 aromatic rings. The van der Waals surface area contributed by atoms with Gasteiger partial charge in [-0.15, -0.1) is 0 Å². The second kappa shape index (κ2) is 5.55. The van der Waals surface area contributed by atoms with Gasteiger partial charge in [-0.25, -0.2) is 13.1 Å². The third-order valence-electron chi connectivity index (χ3n) is 3.76. The maximum absolute atomic E-state index is 12.2. The first-order chi connectivity index (χ1) is 9.65. The van der Waals surface area contributed by atoms with Crippen LogP contribution in [-0.2, 0) is 10.0 Å². The van der Waals surface area contributed by atoms with E-state index in [0.29, 0.717) is 11.4 Å². The fourth-order valence-electron chi connectivity index (χ4n) is 2.62. The summed E-state index contributed by atoms with van der Waals surface area (Å²) in [6, 6.07) is 7.06. The van der Waals surface area contributed by atoms with E-state index in [1.807, 2.05) is 18.3 Å². The molecule has 2 N–H and O–H groups in total. The predicted octanol–water partition coefficient (Wildman–Crippen LogP) is 1.54. The molecular weight excluding hydrogens is 274 g/mol. The monoisotopic (exact) mass is 293 g/mol. The second-order valence-electron chi connectivity index (χ2n) is 5.17. The third-order valence-corrected chi connectivity index (χ3v) is 5.21. The maximum atomic E-state index is 12.2. The summed E-state index contributed by atoms with van der Waals surface area (Å²) in [6.45, 7) is 3.40. The van der Waals surface area contributed by atoms with Crippen LogP contribution < -0.4 is 4.72 Å². The first-order valence-electron chi connectivity index (χ1n) is 6.94. The number of aromatic nitrogens is 1. The molecule has 1 aromatic carbocycles. The third kappa shape index (κ3) is 2.87. The number of nitrogens with zero attached hydrogens (tertiary/aromatic N) is 1. The molecule has 0 unspecified atom stereocenters. The van der Waals surface area contributed by atoms with E-state index in [2.05, 4.69) is 14.6 Å². The van der Waals surface area contributed by atoms with E-state index in [4.69, 9.17) is 0 Å². The van der Waals surface area contributed by atoms with Crippen molar-refractivity contribution in [3.63, 3.8) is 0 Å². The van der Waals surface area contributed by atoms with E-state index < -0.39 is 10.0 Å². The van der Waals surface area contributed by atoms with Gasteiger partial charge >= 0.3 is 0 Å². The molecule has 0 amide bonds. The highest BCUT2D eigenvalue weighted by molar-refractivity contribution is 7.89. The maximum Gasteiger partial charge on any atom is 0.240 e. The lowest BCUT2D eigenvalue weighted by atomic mass is 10.2. The minimum absolute atomic E-state index is 0.314. The smallest absolute Gasteiger partial charge is 0.240 e. The van der Waals surface area contributed by atoms with Crippen LogP contribution in [0, 0.1) is 0 Å². The zero-order chi connectivity index (χ0) is 14.0. The Labute approximate surface area is 119 Å². The van der Waals surface area contributed by atoms with Crippen molar-refractivity contribution >= 4 is 20.9 Å². The molecule has 1 saturated heterocycles. The van der Waals surface area contributed by atoms with Crippen LogP contribution in [0.25, 0.3) is 10.9 Å². The predicted molar refractivity (Wildman–Crippen MR) is 79.2 cm³/mol. The number of fused-ring (bicyclic) bond motifs is 1. The van der Waals surface area contributed by atoms with Crippen LogP contribution in [0.4, 0.5) is 0 Å². The van der Waals surface area contributed by atoms with Gasteiger partial charge in [-0.3, -0.25) is 0 Å². The largest absolute Gasteiger partial charge is 0.361 e. The van der Waals surface area contributed by atoms with Crippen molar-refractivity contribution in [2.75, 3.05) is 26.2 Å². The van der Waals surface area contributed by atoms with Crippen LogP contribution in [0.2, 0.25) is 0 Å². The van der Waals surface area contributed by atoms with Crippen LogP contribution in [0.3, 0.4) is 0 Å². The highest BCUT2D eigenvalue weighted by atomic mass is 32.2. The number of hydrogen-bond donors (Lipinski definition) is 2. The van der Waals surface area contributed by atoms with Gasteiger partial charge in [0.25, 0.3) is 0 Å². The molecule has 0 spiro atoms. The lowest BCUT2D eigenvalue weighted by Crippen LogP contribution is -2.33. The van der Waals surface area contributed by atoms with Gasteiger partial charge in [-0.2, -0.15) is 0 Å². The summed E-state index contributed by atoms with van der Waals surface area (Å²) < 4.78 is 27.1. The Morgan fingerprint density at radius 2 is 2.00 bits per heavy atom. The number of benzene rings is 1. The minimum atomic E-state index is -3.42. The van der Waals surface area contributed by atoms with Crippen molar-refractivity contribution < 1.29 is 8.42 Å². The molecule has 1 aliphatic heterocycles. The summed E-state index contributed by atoms with van der Waals surface area (Å²) >= 11 is 0. The van der Waals surface area contributed by atoms with E-state index in [1.54, 1.807) is 12.1 Å². The van der Waals surface area contributed by atoms with Gasteiger partial charge in [0.05, 0.1) is 4.90 Å². The van der Waals surface area contributed by atoms with Crippen molar-refractivity contribution in [3.05, 3.63) is 30.5 Å². The highest BCUT2D eigenvalue weighted by Crippen LogP contribution is 2.17. The van der Waals surface area contributed by atoms with Crippen molar-refractivity contribution in [1.82, 2.24) is 14.6 Å². The summed E-state index contributed by atoms with van der Waals surface area (Å²) in [7, 11) is -3.42. The van der Waals surface area contributed by atoms with Gasteiger partial charge in [0.1, 0.15) is 0 Å². The molecular formula is C14H19N3O2S. The fourth-order valence-corrected chi connectivity index (χ4v) is 3.67. The normalized spacial score (nSPS) is 17.0. The molecule has 0 saturated carbocycles. The number of sulfonamides is 1. The van der Waals surface area contributed by atoms with Crippen molar-refractivity contribution in [2.24, 2.45) is 0 Å². The molecule has 2 heterocycles. The fraction of sp³-hybridized carbons (Fsp3) is 0.429. The Kier molecular flexibility index (Phi) is 3.78. The van der Waals surface area contributed by atoms with Gasteiger partial charge in [0, 0.05) is 24.8 Å². The standard InChI is InChI=1S/C14H19N3O2S/c18-20(19,16-7-10-17-8-1-2-9-17)13-4-3-12-5-6-15-14(12)11-13/h3-6,11,15-16H,1-2,7-10H2. The average molecular weight is 293 g/mol. The number of nitrogens with one attached hydrogen (secondary N) is 2. The first-order valence-corrected chi connectivity index (χ1v) is 8.43. The van der Waals surface area contributed by atoms with E-state index in [-0.39, 0.29) is 0 Å². The Bertz CT molecular complexity index is 687. The summed E-state index contributed by atoms with van der Waals surface area (Å²) in [5.41, 5.74) is 0.840. The van der Waals surface area contributed by atoms with E-state index in [0.717, 1.165) is 30.5 Å². The molecule has 108 valence electrons. The molecule has 0 bridgehead atoms. The Hall–Kier alpha value is -1.37. The Balaban J connectivity index is 1.67. The van der Waals surface area contributed by atoms with Gasteiger partial charge in [-0.1, -0.05) is 6.07 Å². The van der Waals surface area contributed by atoms with Crippen molar-refractivity contribution in [2.45, 2.75) is 17.7 Å². The molecule has 6 heteroatoms. The quantitative estimate of drug-likeness (QED) is 0.879. The molecule has 0 radical (unpaired) electrons. The number of aromatic amines is 1. The zero-order valence-corrected chi connectivity index (χ0v) is 12.1. The summed E-state index contributed by atoms with van der Waals surface area (Å²) in [5.74, 6) is 0. The number of H-pyrrole nitrogens is 1. The van der Waals surface area contributed by atoms with Gasteiger partial charge in [0.15, 0.2) is 0 Å². The SMILES string of the molecule is O=S(=O)(NCCN1CCCC1)c1ccc2cc[nH]c2c1. The molecule has 1 aliphatic rings. The van der Waals surface area contributed by atoms with Crippen LogP contribution in [-0.4, -0.2) is 44.5 Å². The second-order valence-corrected chi connectivity index (χ2v) is 6.94. The Morgan fingerprint density at radius 1 is 1.20 bits per heavy atom. The molecule has 20 heavy (non-hydrogen) atoms. The summed E-state index contributed by atoms with van der Waals surface area (Å²) in [6.07, 6.45) is 4.24. The summed E-state index contributed by atoms with van der Waals surface area (Å²) in [4.78, 5) is 5.63. The number of likely N-dealkylation sites (tertiary alicyclic amines) is 1. The molecule has 0 atom stereocenters. The molecule has 5 nitrogen and oxygen atoms in total. The van der Waals surface area contributed by atoms with E-state index >= 15 is 0 Å². The van der Waals surface area contributed by atoms with Gasteiger partial charge in [-0.05, 0) is 49.5 Å². The van der Waals surface area contributed by atoms with Gasteiger partial charge < -0.3 is 9.88 Å². The zero-order valence-electron chi connectivity index (χ0n) is 11.3. The molecule has 1 fully saturated rings. The van der Waals surface area contributed by atoms with Crippen LogP contribution in [0.1, 0.15) is 12.8 Å². The van der Waals surface area contributed by atoms with Crippen LogP contribution in [0.5, 0.6) is 0 Å². The highest BCUT2D eigenvalue weighted by Gasteiger charge is 2.16. The molecule has 3 rings (SSSR count). The van der Waals surface area contributed by atoms with Crippen LogP contribution in [0.15, 0.2) is 35.4 Å². The van der Waals surface area contributed by atoms with Crippen molar-refractivity contribution in [1.29, 1.82) is 0 Å². The first kappa shape index (κ1) is 13.6. The molecule has 0 aliphatic carbocycles. The number of rotatable bonds is 5. The average Bonchev–Trinajstić information content (AvgIpc) is 3.08. The lowest BCUT2D eigenvalue weighted by Gasteiger charge is -2.14. The van der Waals surface area contributed by atoms with Gasteiger partial charge in [0.2, 0.25) is 10.0 Å². The van der Waals surface area contributed by atoms with Crippen molar-refractivity contribution in [3.8, 4) is 0 Å². The minimum Gasteiger partial charge on any atom is -0.361 e. The van der Waals surface area contributed by atoms with Crippen LogP contribution >= 0.6 is 0 Å². The topological polar surface area (TPSA) is 65.2 Å². The van der Waals surface area contributed by atoms with E-state index in [1.165, 1.54) is 12.8 Å².